The number of piperidine rings is 1. The molecule has 0 aromatic rings. The van der Waals surface area contributed by atoms with Crippen molar-refractivity contribution in [1.82, 2.24) is 10.2 Å². The summed E-state index contributed by atoms with van der Waals surface area (Å²) in [7, 11) is 0. The number of ether oxygens (including phenoxy) is 1. The molecule has 0 amide bonds. The van der Waals surface area contributed by atoms with Crippen molar-refractivity contribution in [3.63, 3.8) is 0 Å². The molecule has 1 aliphatic heterocycles. The zero-order chi connectivity index (χ0) is 14.3. The van der Waals surface area contributed by atoms with E-state index in [0.717, 1.165) is 45.5 Å². The molecule has 112 valence electrons. The Balaban J connectivity index is 2.55. The van der Waals surface area contributed by atoms with Crippen LogP contribution >= 0.6 is 0 Å². The lowest BCUT2D eigenvalue weighted by Gasteiger charge is -2.37. The van der Waals surface area contributed by atoms with E-state index in [1.165, 1.54) is 0 Å². The Morgan fingerprint density at radius 1 is 1.53 bits per heavy atom. The first-order chi connectivity index (χ1) is 9.01. The van der Waals surface area contributed by atoms with Crippen molar-refractivity contribution in [1.29, 1.82) is 0 Å². The normalized spacial score (nSPS) is 24.1. The van der Waals surface area contributed by atoms with E-state index in [1.54, 1.807) is 6.92 Å². The van der Waals surface area contributed by atoms with Gasteiger partial charge in [-0.2, -0.15) is 0 Å². The fourth-order valence-corrected chi connectivity index (χ4v) is 2.58. The Hall–Kier alpha value is -0.650. The molecule has 1 rings (SSSR count). The topological polar surface area (TPSA) is 61.8 Å². The molecule has 0 aliphatic carbocycles. The van der Waals surface area contributed by atoms with Gasteiger partial charge in [0, 0.05) is 19.7 Å². The maximum absolute atomic E-state index is 11.5. The number of aliphatic carboxylic acids is 1. The largest absolute Gasteiger partial charge is 0.480 e. The van der Waals surface area contributed by atoms with Gasteiger partial charge in [0.15, 0.2) is 0 Å². The molecule has 0 spiro atoms. The third-order valence-electron chi connectivity index (χ3n) is 3.64. The number of nitrogens with zero attached hydrogens (tertiary/aromatic N) is 1. The summed E-state index contributed by atoms with van der Waals surface area (Å²) in [6.45, 7) is 9.60. The molecule has 1 aliphatic rings. The molecule has 5 nitrogen and oxygen atoms in total. The number of hydrogen-bond acceptors (Lipinski definition) is 4. The second-order valence-corrected chi connectivity index (χ2v) is 5.52. The summed E-state index contributed by atoms with van der Waals surface area (Å²) < 4.78 is 5.66. The van der Waals surface area contributed by atoms with Crippen molar-refractivity contribution >= 4 is 5.97 Å². The highest BCUT2D eigenvalue weighted by atomic mass is 16.5. The summed E-state index contributed by atoms with van der Waals surface area (Å²) in [5, 5.41) is 12.6. The van der Waals surface area contributed by atoms with Crippen molar-refractivity contribution in [2.45, 2.75) is 51.7 Å². The minimum absolute atomic E-state index is 0.253. The molecule has 1 saturated heterocycles. The van der Waals surface area contributed by atoms with E-state index in [4.69, 9.17) is 4.74 Å². The number of carboxylic acids is 1. The molecule has 0 radical (unpaired) electrons. The van der Waals surface area contributed by atoms with Crippen molar-refractivity contribution in [3.8, 4) is 0 Å². The first-order valence-corrected chi connectivity index (χ1v) is 7.34. The molecule has 1 fully saturated rings. The zero-order valence-electron chi connectivity index (χ0n) is 12.4. The van der Waals surface area contributed by atoms with Crippen LogP contribution in [-0.2, 0) is 9.53 Å². The van der Waals surface area contributed by atoms with Gasteiger partial charge in [0.25, 0.3) is 0 Å². The number of carboxylic acid groups (broad SMARTS) is 1. The van der Waals surface area contributed by atoms with Crippen LogP contribution in [0.3, 0.4) is 0 Å². The smallest absolute Gasteiger partial charge is 0.324 e. The second-order valence-electron chi connectivity index (χ2n) is 5.52. The Morgan fingerprint density at radius 2 is 2.26 bits per heavy atom. The lowest BCUT2D eigenvalue weighted by atomic mass is 9.99. The summed E-state index contributed by atoms with van der Waals surface area (Å²) in [6, 6.07) is 0. The van der Waals surface area contributed by atoms with Gasteiger partial charge in [0.2, 0.25) is 0 Å². The van der Waals surface area contributed by atoms with Crippen LogP contribution in [0.1, 0.15) is 40.0 Å². The number of carbonyl (C=O) groups is 1. The first-order valence-electron chi connectivity index (χ1n) is 7.34. The van der Waals surface area contributed by atoms with Crippen LogP contribution in [0.25, 0.3) is 0 Å². The van der Waals surface area contributed by atoms with E-state index in [1.807, 2.05) is 13.8 Å². The van der Waals surface area contributed by atoms with E-state index in [0.29, 0.717) is 6.54 Å². The molecule has 0 saturated carbocycles. The molecule has 1 heterocycles. The lowest BCUT2D eigenvalue weighted by Crippen LogP contribution is -2.58. The Bertz CT molecular complexity index is 284. The van der Waals surface area contributed by atoms with E-state index in [-0.39, 0.29) is 6.10 Å². The number of hydrogen-bond donors (Lipinski definition) is 2. The van der Waals surface area contributed by atoms with Gasteiger partial charge in [-0.15, -0.1) is 0 Å². The van der Waals surface area contributed by atoms with Crippen LogP contribution in [0.4, 0.5) is 0 Å². The van der Waals surface area contributed by atoms with Crippen molar-refractivity contribution in [2.75, 3.05) is 32.8 Å². The maximum atomic E-state index is 11.5. The van der Waals surface area contributed by atoms with Crippen molar-refractivity contribution in [2.24, 2.45) is 0 Å². The number of rotatable bonds is 8. The molecule has 0 aromatic carbocycles. The van der Waals surface area contributed by atoms with Gasteiger partial charge < -0.3 is 15.2 Å². The number of likely N-dealkylation sites (tertiary alicyclic amines) is 1. The van der Waals surface area contributed by atoms with Gasteiger partial charge in [-0.1, -0.05) is 6.92 Å². The minimum atomic E-state index is -0.871. The van der Waals surface area contributed by atoms with Crippen LogP contribution in [0, 0.1) is 0 Å². The average molecular weight is 272 g/mol. The van der Waals surface area contributed by atoms with Gasteiger partial charge in [-0.05, 0) is 46.2 Å². The summed E-state index contributed by atoms with van der Waals surface area (Å²) in [5.41, 5.74) is -0.871. The van der Waals surface area contributed by atoms with Crippen LogP contribution in [0.2, 0.25) is 0 Å². The van der Waals surface area contributed by atoms with Crippen molar-refractivity contribution < 1.29 is 14.6 Å². The molecular weight excluding hydrogens is 244 g/mol. The summed E-state index contributed by atoms with van der Waals surface area (Å²) in [4.78, 5) is 13.7. The third kappa shape index (κ3) is 5.09. The van der Waals surface area contributed by atoms with Crippen LogP contribution < -0.4 is 5.32 Å². The molecule has 19 heavy (non-hydrogen) atoms. The molecule has 2 unspecified atom stereocenters. The SMILES string of the molecule is CCCNC(C)(CN1CCCC(OCC)C1)C(=O)O. The molecule has 0 bridgehead atoms. The Morgan fingerprint density at radius 3 is 2.84 bits per heavy atom. The minimum Gasteiger partial charge on any atom is -0.480 e. The van der Waals surface area contributed by atoms with E-state index in [9.17, 15) is 9.90 Å². The van der Waals surface area contributed by atoms with Gasteiger partial charge in [0.05, 0.1) is 6.10 Å². The Labute approximate surface area is 116 Å². The van der Waals surface area contributed by atoms with E-state index >= 15 is 0 Å². The van der Waals surface area contributed by atoms with E-state index in [2.05, 4.69) is 10.2 Å². The summed E-state index contributed by atoms with van der Waals surface area (Å²) in [5.74, 6) is -0.778. The van der Waals surface area contributed by atoms with Crippen molar-refractivity contribution in [3.05, 3.63) is 0 Å². The predicted molar refractivity (Wildman–Crippen MR) is 75.4 cm³/mol. The van der Waals surface area contributed by atoms with Gasteiger partial charge in [-0.3, -0.25) is 9.69 Å². The third-order valence-corrected chi connectivity index (χ3v) is 3.64. The molecule has 2 N–H and O–H groups in total. The Kier molecular flexibility index (Phi) is 6.75. The molecule has 0 aromatic heterocycles. The molecule has 2 atom stereocenters. The molecule has 5 heteroatoms. The highest BCUT2D eigenvalue weighted by Crippen LogP contribution is 2.16. The maximum Gasteiger partial charge on any atom is 0.324 e. The quantitative estimate of drug-likeness (QED) is 0.698. The van der Waals surface area contributed by atoms with Crippen LogP contribution in [0.15, 0.2) is 0 Å². The fourth-order valence-electron chi connectivity index (χ4n) is 2.58. The predicted octanol–water partition coefficient (Wildman–Crippen LogP) is 1.33. The highest BCUT2D eigenvalue weighted by Gasteiger charge is 2.35. The van der Waals surface area contributed by atoms with Gasteiger partial charge >= 0.3 is 5.97 Å². The number of nitrogens with one attached hydrogen (secondary N) is 1. The monoisotopic (exact) mass is 272 g/mol. The summed E-state index contributed by atoms with van der Waals surface area (Å²) in [6.07, 6.45) is 3.35. The van der Waals surface area contributed by atoms with Crippen LogP contribution in [-0.4, -0.2) is 60.4 Å². The van der Waals surface area contributed by atoms with Gasteiger partial charge in [-0.25, -0.2) is 0 Å². The first kappa shape index (κ1) is 16.4. The average Bonchev–Trinajstić information content (AvgIpc) is 2.37. The molecular formula is C14H28N2O3. The summed E-state index contributed by atoms with van der Waals surface area (Å²) >= 11 is 0. The van der Waals surface area contributed by atoms with E-state index < -0.39 is 11.5 Å². The zero-order valence-corrected chi connectivity index (χ0v) is 12.4. The van der Waals surface area contributed by atoms with Gasteiger partial charge in [0.1, 0.15) is 5.54 Å². The highest BCUT2D eigenvalue weighted by molar-refractivity contribution is 5.78. The second kappa shape index (κ2) is 7.82. The standard InChI is InChI=1S/C14H28N2O3/c1-4-8-15-14(3,13(17)18)11-16-9-6-7-12(10-16)19-5-2/h12,15H,4-11H2,1-3H3,(H,17,18). The lowest BCUT2D eigenvalue weighted by molar-refractivity contribution is -0.145. The fraction of sp³-hybridized carbons (Fsp3) is 0.929. The van der Waals surface area contributed by atoms with Crippen LogP contribution in [0.5, 0.6) is 0 Å².